The van der Waals surface area contributed by atoms with Gasteiger partial charge in [0.05, 0.1) is 5.69 Å². The molecular weight excluding hydrogens is 270 g/mol. The van der Waals surface area contributed by atoms with E-state index in [4.69, 9.17) is 5.73 Å². The Balaban J connectivity index is 1.51. The molecule has 2 N–H and O–H groups in total. The van der Waals surface area contributed by atoms with Gasteiger partial charge in [-0.1, -0.05) is 36.4 Å². The number of nitrogens with two attached hydrogens (primary N) is 1. The Hall–Kier alpha value is -2.39. The molecule has 0 unspecified atom stereocenters. The maximum absolute atomic E-state index is 5.88. The van der Waals surface area contributed by atoms with E-state index in [9.17, 15) is 0 Å². The third-order valence-corrected chi connectivity index (χ3v) is 4.41. The van der Waals surface area contributed by atoms with E-state index in [1.54, 1.807) is 0 Å². The van der Waals surface area contributed by atoms with Crippen molar-refractivity contribution in [1.82, 2.24) is 9.88 Å². The zero-order chi connectivity index (χ0) is 14.9. The van der Waals surface area contributed by atoms with Crippen LogP contribution in [0, 0.1) is 0 Å². The van der Waals surface area contributed by atoms with Crippen LogP contribution in [0.5, 0.6) is 0 Å². The number of hydrogen-bond acceptors (Lipinski definition) is 3. The lowest BCUT2D eigenvalue weighted by Crippen LogP contribution is -2.44. The minimum Gasteiger partial charge on any atom is -0.399 e. The van der Waals surface area contributed by atoms with Crippen LogP contribution in [0.1, 0.15) is 17.2 Å². The van der Waals surface area contributed by atoms with E-state index in [0.29, 0.717) is 5.92 Å². The van der Waals surface area contributed by atoms with Gasteiger partial charge in [0.25, 0.3) is 0 Å². The van der Waals surface area contributed by atoms with Crippen LogP contribution in [-0.4, -0.2) is 23.0 Å². The molecule has 4 rings (SSSR count). The zero-order valence-corrected chi connectivity index (χ0v) is 12.4. The first-order chi connectivity index (χ1) is 10.8. The molecule has 0 bridgehead atoms. The average molecular weight is 289 g/mol. The van der Waals surface area contributed by atoms with Crippen molar-refractivity contribution in [1.29, 1.82) is 0 Å². The first-order valence-electron chi connectivity index (χ1n) is 7.70. The van der Waals surface area contributed by atoms with Gasteiger partial charge in [-0.3, -0.25) is 9.88 Å². The van der Waals surface area contributed by atoms with Gasteiger partial charge in [-0.25, -0.2) is 0 Å². The number of rotatable bonds is 3. The fourth-order valence-corrected chi connectivity index (χ4v) is 3.26. The van der Waals surface area contributed by atoms with E-state index in [1.807, 2.05) is 24.4 Å². The fraction of sp³-hybridized carbons (Fsp3) is 0.211. The Kier molecular flexibility index (Phi) is 3.28. The van der Waals surface area contributed by atoms with Crippen molar-refractivity contribution < 1.29 is 0 Å². The van der Waals surface area contributed by atoms with Crippen LogP contribution in [0.3, 0.4) is 0 Å². The van der Waals surface area contributed by atoms with Gasteiger partial charge in [-0.2, -0.15) is 0 Å². The highest BCUT2D eigenvalue weighted by Gasteiger charge is 2.30. The van der Waals surface area contributed by atoms with Crippen molar-refractivity contribution in [3.63, 3.8) is 0 Å². The highest BCUT2D eigenvalue weighted by atomic mass is 15.2. The Morgan fingerprint density at radius 1 is 1.05 bits per heavy atom. The van der Waals surface area contributed by atoms with Crippen LogP contribution in [0.15, 0.2) is 60.8 Å². The molecule has 1 aromatic heterocycles. The summed E-state index contributed by atoms with van der Waals surface area (Å²) in [5.41, 5.74) is 9.27. The van der Waals surface area contributed by atoms with Gasteiger partial charge in [-0.15, -0.1) is 0 Å². The molecule has 2 heterocycles. The number of anilines is 1. The Bertz CT molecular complexity index is 792. The van der Waals surface area contributed by atoms with Gasteiger partial charge in [0.1, 0.15) is 0 Å². The first kappa shape index (κ1) is 13.3. The molecule has 3 heteroatoms. The molecule has 2 aromatic carbocycles. The molecule has 1 saturated heterocycles. The second-order valence-electron chi connectivity index (χ2n) is 6.05. The molecule has 1 aliphatic rings. The largest absolute Gasteiger partial charge is 0.399 e. The highest BCUT2D eigenvalue weighted by molar-refractivity contribution is 5.87. The summed E-state index contributed by atoms with van der Waals surface area (Å²) < 4.78 is 0. The summed E-state index contributed by atoms with van der Waals surface area (Å²) in [6.45, 7) is 3.17. The molecule has 0 saturated carbocycles. The lowest BCUT2D eigenvalue weighted by molar-refractivity contribution is 0.138. The number of nitrogen functional groups attached to an aromatic ring is 1. The van der Waals surface area contributed by atoms with Crippen molar-refractivity contribution in [2.45, 2.75) is 12.5 Å². The van der Waals surface area contributed by atoms with Crippen molar-refractivity contribution in [2.24, 2.45) is 0 Å². The summed E-state index contributed by atoms with van der Waals surface area (Å²) in [4.78, 5) is 7.10. The second kappa shape index (κ2) is 5.43. The molecule has 1 fully saturated rings. The molecule has 0 aliphatic carbocycles. The minimum atomic E-state index is 0.524. The fourth-order valence-electron chi connectivity index (χ4n) is 3.26. The summed E-state index contributed by atoms with van der Waals surface area (Å²) in [5.74, 6) is 0.524. The van der Waals surface area contributed by atoms with Gasteiger partial charge in [0.2, 0.25) is 0 Å². The van der Waals surface area contributed by atoms with Gasteiger partial charge < -0.3 is 5.73 Å². The summed E-state index contributed by atoms with van der Waals surface area (Å²) in [5, 5.41) is 2.42. The van der Waals surface area contributed by atoms with Crippen molar-refractivity contribution >= 4 is 16.5 Å². The van der Waals surface area contributed by atoms with Gasteiger partial charge >= 0.3 is 0 Å². The minimum absolute atomic E-state index is 0.524. The molecule has 3 aromatic rings. The monoisotopic (exact) mass is 289 g/mol. The van der Waals surface area contributed by atoms with E-state index in [2.05, 4.69) is 46.3 Å². The summed E-state index contributed by atoms with van der Waals surface area (Å²) in [7, 11) is 0. The van der Waals surface area contributed by atoms with Crippen molar-refractivity contribution in [3.05, 3.63) is 72.1 Å². The zero-order valence-electron chi connectivity index (χ0n) is 12.4. The Labute approximate surface area is 130 Å². The molecule has 22 heavy (non-hydrogen) atoms. The van der Waals surface area contributed by atoms with Crippen LogP contribution < -0.4 is 5.73 Å². The molecule has 0 radical (unpaired) electrons. The van der Waals surface area contributed by atoms with Crippen LogP contribution in [0.25, 0.3) is 10.8 Å². The number of nitrogens with zero attached hydrogens (tertiary/aromatic N) is 2. The van der Waals surface area contributed by atoms with E-state index < -0.39 is 0 Å². The van der Waals surface area contributed by atoms with Gasteiger partial charge in [0, 0.05) is 42.8 Å². The number of pyridine rings is 1. The highest BCUT2D eigenvalue weighted by Crippen LogP contribution is 2.32. The van der Waals surface area contributed by atoms with Crippen LogP contribution >= 0.6 is 0 Å². The number of fused-ring (bicyclic) bond motifs is 1. The maximum Gasteiger partial charge on any atom is 0.0538 e. The van der Waals surface area contributed by atoms with E-state index in [-0.39, 0.29) is 0 Å². The SMILES string of the molecule is Nc1ccc2c(C3CN(Cc4ccccc4)C3)nccc2c1. The lowest BCUT2D eigenvalue weighted by Gasteiger charge is -2.39. The van der Waals surface area contributed by atoms with Crippen molar-refractivity contribution in [2.75, 3.05) is 18.8 Å². The predicted octanol–water partition coefficient (Wildman–Crippen LogP) is 3.42. The Morgan fingerprint density at radius 3 is 2.68 bits per heavy atom. The van der Waals surface area contributed by atoms with E-state index in [1.165, 1.54) is 22.0 Å². The summed E-state index contributed by atoms with van der Waals surface area (Å²) in [6.07, 6.45) is 1.90. The van der Waals surface area contributed by atoms with E-state index in [0.717, 1.165) is 25.3 Å². The topological polar surface area (TPSA) is 42.1 Å². The summed E-state index contributed by atoms with van der Waals surface area (Å²) >= 11 is 0. The normalized spacial score (nSPS) is 15.8. The van der Waals surface area contributed by atoms with Gasteiger partial charge in [-0.05, 0) is 29.1 Å². The Morgan fingerprint density at radius 2 is 1.86 bits per heavy atom. The van der Waals surface area contributed by atoms with Crippen molar-refractivity contribution in [3.8, 4) is 0 Å². The number of benzene rings is 2. The molecular formula is C19H19N3. The maximum atomic E-state index is 5.88. The quantitative estimate of drug-likeness (QED) is 0.751. The van der Waals surface area contributed by atoms with Crippen LogP contribution in [0.4, 0.5) is 5.69 Å². The average Bonchev–Trinajstić information content (AvgIpc) is 2.51. The summed E-state index contributed by atoms with van der Waals surface area (Å²) in [6, 6.07) is 18.8. The molecule has 3 nitrogen and oxygen atoms in total. The number of hydrogen-bond donors (Lipinski definition) is 1. The van der Waals surface area contributed by atoms with E-state index >= 15 is 0 Å². The number of likely N-dealkylation sites (tertiary alicyclic amines) is 1. The molecule has 1 aliphatic heterocycles. The first-order valence-corrected chi connectivity index (χ1v) is 7.70. The molecule has 0 amide bonds. The van der Waals surface area contributed by atoms with Gasteiger partial charge in [0.15, 0.2) is 0 Å². The standard InChI is InChI=1S/C19H19N3/c20-17-6-7-18-15(10-17)8-9-21-19(18)16-12-22(13-16)11-14-4-2-1-3-5-14/h1-10,16H,11-13,20H2. The number of aromatic nitrogens is 1. The third kappa shape index (κ3) is 2.44. The predicted molar refractivity (Wildman–Crippen MR) is 90.6 cm³/mol. The molecule has 0 atom stereocenters. The second-order valence-corrected chi connectivity index (χ2v) is 6.05. The smallest absolute Gasteiger partial charge is 0.0538 e. The third-order valence-electron chi connectivity index (χ3n) is 4.41. The molecule has 0 spiro atoms. The van der Waals surface area contributed by atoms with Crippen LogP contribution in [0.2, 0.25) is 0 Å². The van der Waals surface area contributed by atoms with Crippen LogP contribution in [-0.2, 0) is 6.54 Å². The molecule has 110 valence electrons. The lowest BCUT2D eigenvalue weighted by atomic mass is 9.91.